The third-order valence-electron chi connectivity index (χ3n) is 5.21. The van der Waals surface area contributed by atoms with Crippen molar-refractivity contribution in [3.8, 4) is 5.75 Å². The Morgan fingerprint density at radius 3 is 2.55 bits per heavy atom. The molecule has 3 nitrogen and oxygen atoms in total. The summed E-state index contributed by atoms with van der Waals surface area (Å²) in [5, 5.41) is 0. The summed E-state index contributed by atoms with van der Waals surface area (Å²) < 4.78 is 5.54. The average Bonchev–Trinajstić information content (AvgIpc) is 3.01. The summed E-state index contributed by atoms with van der Waals surface area (Å²) in [6.45, 7) is 6.24. The van der Waals surface area contributed by atoms with E-state index in [1.165, 1.54) is 37.8 Å². The fourth-order valence-electron chi connectivity index (χ4n) is 4.18. The summed E-state index contributed by atoms with van der Waals surface area (Å²) in [4.78, 5) is 2.62. The first-order valence-electron chi connectivity index (χ1n) is 8.95. The monoisotopic (exact) mass is 302 g/mol. The molecule has 0 spiro atoms. The van der Waals surface area contributed by atoms with Crippen LogP contribution >= 0.6 is 0 Å². The average molecular weight is 302 g/mol. The lowest BCUT2D eigenvalue weighted by atomic mass is 9.88. The highest BCUT2D eigenvalue weighted by Gasteiger charge is 2.28. The SMILES string of the molecule is CCOc1ccc(C2CC(N)CN(CC3CCCC3)C2)cc1. The van der Waals surface area contributed by atoms with Crippen molar-refractivity contribution >= 4 is 0 Å². The van der Waals surface area contributed by atoms with Gasteiger partial charge in [-0.2, -0.15) is 0 Å². The summed E-state index contributed by atoms with van der Waals surface area (Å²) >= 11 is 0. The van der Waals surface area contributed by atoms with Crippen molar-refractivity contribution in [2.75, 3.05) is 26.2 Å². The van der Waals surface area contributed by atoms with E-state index in [1.54, 1.807) is 0 Å². The molecule has 0 amide bonds. The lowest BCUT2D eigenvalue weighted by Gasteiger charge is -2.37. The van der Waals surface area contributed by atoms with Gasteiger partial charge in [-0.25, -0.2) is 0 Å². The van der Waals surface area contributed by atoms with Gasteiger partial charge in [0.15, 0.2) is 0 Å². The van der Waals surface area contributed by atoms with Crippen molar-refractivity contribution in [2.24, 2.45) is 11.7 Å². The molecule has 1 aliphatic carbocycles. The molecule has 2 atom stereocenters. The quantitative estimate of drug-likeness (QED) is 0.906. The van der Waals surface area contributed by atoms with E-state index in [1.807, 2.05) is 6.92 Å². The molecule has 3 rings (SSSR count). The summed E-state index contributed by atoms with van der Waals surface area (Å²) in [6.07, 6.45) is 6.79. The Morgan fingerprint density at radius 1 is 1.14 bits per heavy atom. The summed E-state index contributed by atoms with van der Waals surface area (Å²) in [5.74, 6) is 2.45. The number of hydrogen-bond donors (Lipinski definition) is 1. The van der Waals surface area contributed by atoms with Gasteiger partial charge in [0, 0.05) is 25.7 Å². The zero-order chi connectivity index (χ0) is 15.4. The van der Waals surface area contributed by atoms with E-state index in [9.17, 15) is 0 Å². The molecule has 2 N–H and O–H groups in total. The van der Waals surface area contributed by atoms with Crippen LogP contribution in [0.2, 0.25) is 0 Å². The van der Waals surface area contributed by atoms with E-state index in [0.29, 0.717) is 12.0 Å². The molecule has 3 heteroatoms. The van der Waals surface area contributed by atoms with Gasteiger partial charge < -0.3 is 15.4 Å². The molecule has 1 heterocycles. The number of piperidine rings is 1. The first-order chi connectivity index (χ1) is 10.7. The van der Waals surface area contributed by atoms with Gasteiger partial charge in [-0.3, -0.25) is 0 Å². The molecule has 2 fully saturated rings. The second kappa shape index (κ2) is 7.47. The first-order valence-corrected chi connectivity index (χ1v) is 8.95. The lowest BCUT2D eigenvalue weighted by Crippen LogP contribution is -2.47. The summed E-state index contributed by atoms with van der Waals surface area (Å²) in [7, 11) is 0. The van der Waals surface area contributed by atoms with E-state index in [0.717, 1.165) is 37.8 Å². The van der Waals surface area contributed by atoms with Crippen molar-refractivity contribution < 1.29 is 4.74 Å². The molecule has 1 aliphatic heterocycles. The van der Waals surface area contributed by atoms with Gasteiger partial charge in [-0.15, -0.1) is 0 Å². The molecular weight excluding hydrogens is 272 g/mol. The molecule has 0 bridgehead atoms. The largest absolute Gasteiger partial charge is 0.494 e. The molecule has 22 heavy (non-hydrogen) atoms. The zero-order valence-electron chi connectivity index (χ0n) is 13.8. The Labute approximate surface area is 134 Å². The van der Waals surface area contributed by atoms with Crippen LogP contribution < -0.4 is 10.5 Å². The highest BCUT2D eigenvalue weighted by atomic mass is 16.5. The summed E-state index contributed by atoms with van der Waals surface area (Å²) in [6, 6.07) is 8.95. The van der Waals surface area contributed by atoms with E-state index < -0.39 is 0 Å². The zero-order valence-corrected chi connectivity index (χ0v) is 13.8. The van der Waals surface area contributed by atoms with Gasteiger partial charge in [0.05, 0.1) is 6.61 Å². The van der Waals surface area contributed by atoms with Crippen LogP contribution in [0, 0.1) is 5.92 Å². The van der Waals surface area contributed by atoms with E-state index in [2.05, 4.69) is 29.2 Å². The van der Waals surface area contributed by atoms with E-state index >= 15 is 0 Å². The number of ether oxygens (including phenoxy) is 1. The molecule has 1 aromatic rings. The van der Waals surface area contributed by atoms with Gasteiger partial charge in [-0.1, -0.05) is 25.0 Å². The minimum absolute atomic E-state index is 0.312. The predicted molar refractivity (Wildman–Crippen MR) is 91.3 cm³/mol. The number of nitrogens with two attached hydrogens (primary N) is 1. The van der Waals surface area contributed by atoms with Crippen LogP contribution in [-0.2, 0) is 0 Å². The van der Waals surface area contributed by atoms with Crippen LogP contribution in [0.25, 0.3) is 0 Å². The molecule has 1 saturated carbocycles. The Balaban J connectivity index is 1.62. The van der Waals surface area contributed by atoms with Crippen molar-refractivity contribution in [2.45, 2.75) is 51.0 Å². The molecule has 0 aromatic heterocycles. The van der Waals surface area contributed by atoms with E-state index in [4.69, 9.17) is 10.5 Å². The van der Waals surface area contributed by atoms with E-state index in [-0.39, 0.29) is 0 Å². The summed E-state index contributed by atoms with van der Waals surface area (Å²) in [5.41, 5.74) is 7.75. The molecule has 0 radical (unpaired) electrons. The number of nitrogens with zero attached hydrogens (tertiary/aromatic N) is 1. The Kier molecular flexibility index (Phi) is 5.37. The van der Waals surface area contributed by atoms with Crippen LogP contribution in [0.4, 0.5) is 0 Å². The van der Waals surface area contributed by atoms with Crippen molar-refractivity contribution in [3.63, 3.8) is 0 Å². The van der Waals surface area contributed by atoms with Gasteiger partial charge in [-0.05, 0) is 55.7 Å². The van der Waals surface area contributed by atoms with Crippen LogP contribution in [0.3, 0.4) is 0 Å². The molecule has 122 valence electrons. The molecule has 1 saturated heterocycles. The highest BCUT2D eigenvalue weighted by molar-refractivity contribution is 5.30. The number of rotatable bonds is 5. The number of likely N-dealkylation sites (tertiary alicyclic amines) is 1. The standard InChI is InChI=1S/C19H30N2O/c1-2-22-19-9-7-16(8-10-19)17-11-18(20)14-21(13-17)12-15-5-3-4-6-15/h7-10,15,17-18H,2-6,11-14,20H2,1H3. The smallest absolute Gasteiger partial charge is 0.119 e. The van der Waals surface area contributed by atoms with Crippen molar-refractivity contribution in [1.29, 1.82) is 0 Å². The maximum Gasteiger partial charge on any atom is 0.119 e. The molecule has 1 aromatic carbocycles. The Hall–Kier alpha value is -1.06. The van der Waals surface area contributed by atoms with Crippen LogP contribution in [-0.4, -0.2) is 37.2 Å². The highest BCUT2D eigenvalue weighted by Crippen LogP contribution is 2.31. The third kappa shape index (κ3) is 4.02. The number of benzene rings is 1. The van der Waals surface area contributed by atoms with Gasteiger partial charge in [0.1, 0.15) is 5.75 Å². The Morgan fingerprint density at radius 2 is 1.86 bits per heavy atom. The normalized spacial score (nSPS) is 27.2. The second-order valence-corrected chi connectivity index (χ2v) is 7.06. The minimum Gasteiger partial charge on any atom is -0.494 e. The van der Waals surface area contributed by atoms with Gasteiger partial charge in [0.25, 0.3) is 0 Å². The predicted octanol–water partition coefficient (Wildman–Crippen LogP) is 3.39. The third-order valence-corrected chi connectivity index (χ3v) is 5.21. The Bertz CT molecular complexity index is 453. The van der Waals surface area contributed by atoms with Gasteiger partial charge in [0.2, 0.25) is 0 Å². The van der Waals surface area contributed by atoms with Crippen molar-refractivity contribution in [1.82, 2.24) is 4.90 Å². The number of hydrogen-bond acceptors (Lipinski definition) is 3. The maximum absolute atomic E-state index is 6.34. The minimum atomic E-state index is 0.312. The van der Waals surface area contributed by atoms with Crippen LogP contribution in [0.5, 0.6) is 5.75 Å². The second-order valence-electron chi connectivity index (χ2n) is 7.06. The molecule has 2 aliphatic rings. The first kappa shape index (κ1) is 15.8. The fraction of sp³-hybridized carbons (Fsp3) is 0.684. The molecular formula is C19H30N2O. The van der Waals surface area contributed by atoms with Crippen LogP contribution in [0.1, 0.15) is 50.5 Å². The topological polar surface area (TPSA) is 38.5 Å². The van der Waals surface area contributed by atoms with Crippen LogP contribution in [0.15, 0.2) is 24.3 Å². The maximum atomic E-state index is 6.34. The lowest BCUT2D eigenvalue weighted by molar-refractivity contribution is 0.164. The molecule has 2 unspecified atom stereocenters. The fourth-order valence-corrected chi connectivity index (χ4v) is 4.18. The van der Waals surface area contributed by atoms with Crippen molar-refractivity contribution in [3.05, 3.63) is 29.8 Å². The van der Waals surface area contributed by atoms with Gasteiger partial charge >= 0.3 is 0 Å².